The molecule has 2 amide bonds. The summed E-state index contributed by atoms with van der Waals surface area (Å²) in [5.74, 6) is -1.04. The molecule has 8 heteroatoms. The van der Waals surface area contributed by atoms with Gasteiger partial charge in [-0.25, -0.2) is 5.06 Å². The second-order valence-electron chi connectivity index (χ2n) is 6.59. The molecule has 0 saturated carbocycles. The highest BCUT2D eigenvalue weighted by Crippen LogP contribution is 2.40. The van der Waals surface area contributed by atoms with E-state index in [1.54, 1.807) is 6.07 Å². The maximum Gasteiger partial charge on any atom is 0.408 e. The van der Waals surface area contributed by atoms with Gasteiger partial charge in [0.2, 0.25) is 5.91 Å². The molecule has 1 saturated heterocycles. The molecule has 1 fully saturated rings. The summed E-state index contributed by atoms with van der Waals surface area (Å²) in [4.78, 5) is 23.4. The van der Waals surface area contributed by atoms with Crippen LogP contribution in [0.15, 0.2) is 18.2 Å². The molecular formula is C16H17F3N2O3. The van der Waals surface area contributed by atoms with Gasteiger partial charge in [0.25, 0.3) is 5.91 Å². The van der Waals surface area contributed by atoms with Crippen molar-refractivity contribution in [2.24, 2.45) is 5.41 Å². The predicted molar refractivity (Wildman–Crippen MR) is 77.4 cm³/mol. The Morgan fingerprint density at radius 1 is 1.29 bits per heavy atom. The lowest BCUT2D eigenvalue weighted by Gasteiger charge is -2.33. The van der Waals surface area contributed by atoms with Gasteiger partial charge in [0.05, 0.1) is 0 Å². The average molecular weight is 342 g/mol. The number of rotatable bonds is 2. The summed E-state index contributed by atoms with van der Waals surface area (Å²) in [6.45, 7) is -1.08. The van der Waals surface area contributed by atoms with E-state index in [-0.39, 0.29) is 21.9 Å². The lowest BCUT2D eigenvalue weighted by atomic mass is 9.71. The number of alkyl halides is 3. The molecule has 0 unspecified atom stereocenters. The maximum atomic E-state index is 12.3. The summed E-state index contributed by atoms with van der Waals surface area (Å²) < 4.78 is 36.8. The summed E-state index contributed by atoms with van der Waals surface area (Å²) in [5, 5.41) is 11.8. The highest BCUT2D eigenvalue weighted by Gasteiger charge is 2.41. The molecule has 5 nitrogen and oxygen atoms in total. The van der Waals surface area contributed by atoms with Crippen LogP contribution in [0.4, 0.5) is 13.2 Å². The zero-order chi connectivity index (χ0) is 17.5. The van der Waals surface area contributed by atoms with Crippen LogP contribution in [0.25, 0.3) is 0 Å². The number of hydrogen-bond acceptors (Lipinski definition) is 3. The monoisotopic (exact) mass is 342 g/mol. The summed E-state index contributed by atoms with van der Waals surface area (Å²) in [6.07, 6.45) is -2.06. The van der Waals surface area contributed by atoms with Crippen molar-refractivity contribution in [1.82, 2.24) is 10.4 Å². The maximum absolute atomic E-state index is 12.3. The van der Waals surface area contributed by atoms with Crippen molar-refractivity contribution in [3.8, 4) is 0 Å². The number of halogens is 3. The van der Waals surface area contributed by atoms with Gasteiger partial charge in [-0.05, 0) is 42.5 Å². The first-order valence-corrected chi connectivity index (χ1v) is 7.64. The van der Waals surface area contributed by atoms with E-state index in [2.05, 4.69) is 5.32 Å². The zero-order valence-electron chi connectivity index (χ0n) is 12.8. The summed E-state index contributed by atoms with van der Waals surface area (Å²) in [7, 11) is 0. The SMILES string of the molecule is O=C1C[C@]2(CCc3cc(C(=O)N(O)CC(F)(F)F)ccc3C2)CN1. The van der Waals surface area contributed by atoms with Crippen LogP contribution in [0.5, 0.6) is 0 Å². The van der Waals surface area contributed by atoms with E-state index in [9.17, 15) is 28.0 Å². The van der Waals surface area contributed by atoms with Crippen LogP contribution in [-0.4, -0.2) is 41.4 Å². The molecule has 3 rings (SSSR count). The molecule has 1 spiro atoms. The molecule has 1 aromatic rings. The number of nitrogens with zero attached hydrogens (tertiary/aromatic N) is 1. The van der Waals surface area contributed by atoms with Crippen LogP contribution in [0.1, 0.15) is 34.3 Å². The molecule has 1 aliphatic heterocycles. The summed E-state index contributed by atoms with van der Waals surface area (Å²) in [6, 6.07) is 4.66. The number of aryl methyl sites for hydroxylation is 1. The van der Waals surface area contributed by atoms with Gasteiger partial charge < -0.3 is 5.32 Å². The Morgan fingerprint density at radius 2 is 2.04 bits per heavy atom. The minimum Gasteiger partial charge on any atom is -0.356 e. The van der Waals surface area contributed by atoms with Crippen molar-refractivity contribution in [3.05, 3.63) is 34.9 Å². The third-order valence-electron chi connectivity index (χ3n) is 4.70. The number of hydrogen-bond donors (Lipinski definition) is 2. The molecule has 0 aromatic heterocycles. The summed E-state index contributed by atoms with van der Waals surface area (Å²) in [5.41, 5.74) is 1.80. The normalized spacial score (nSPS) is 23.1. The van der Waals surface area contributed by atoms with Gasteiger partial charge in [0.15, 0.2) is 0 Å². The van der Waals surface area contributed by atoms with Gasteiger partial charge >= 0.3 is 6.18 Å². The smallest absolute Gasteiger partial charge is 0.356 e. The zero-order valence-corrected chi connectivity index (χ0v) is 12.8. The summed E-state index contributed by atoms with van der Waals surface area (Å²) >= 11 is 0. The Kier molecular flexibility index (Phi) is 4.03. The number of amides is 2. The molecular weight excluding hydrogens is 325 g/mol. The third-order valence-corrected chi connectivity index (χ3v) is 4.70. The van der Waals surface area contributed by atoms with E-state index in [4.69, 9.17) is 0 Å². The Hall–Kier alpha value is -2.09. The fourth-order valence-corrected chi connectivity index (χ4v) is 3.50. The molecule has 130 valence electrons. The van der Waals surface area contributed by atoms with E-state index in [0.29, 0.717) is 25.8 Å². The second-order valence-corrected chi connectivity index (χ2v) is 6.59. The molecule has 0 bridgehead atoms. The van der Waals surface area contributed by atoms with Crippen molar-refractivity contribution in [1.29, 1.82) is 0 Å². The van der Waals surface area contributed by atoms with Crippen LogP contribution < -0.4 is 5.32 Å². The van der Waals surface area contributed by atoms with E-state index in [0.717, 1.165) is 17.5 Å². The molecule has 1 atom stereocenters. The molecule has 1 aromatic carbocycles. The Balaban J connectivity index is 1.76. The predicted octanol–water partition coefficient (Wildman–Crippen LogP) is 2.08. The average Bonchev–Trinajstić information content (AvgIpc) is 2.85. The first kappa shape index (κ1) is 16.8. The molecule has 0 radical (unpaired) electrons. The highest BCUT2D eigenvalue weighted by atomic mass is 19.4. The minimum atomic E-state index is -4.66. The van der Waals surface area contributed by atoms with E-state index < -0.39 is 18.6 Å². The minimum absolute atomic E-state index is 0.0251. The first-order chi connectivity index (χ1) is 11.2. The van der Waals surface area contributed by atoms with Crippen LogP contribution in [0.2, 0.25) is 0 Å². The van der Waals surface area contributed by atoms with Gasteiger partial charge in [0.1, 0.15) is 6.54 Å². The van der Waals surface area contributed by atoms with Gasteiger partial charge in [-0.15, -0.1) is 0 Å². The highest BCUT2D eigenvalue weighted by molar-refractivity contribution is 5.93. The van der Waals surface area contributed by atoms with E-state index in [1.165, 1.54) is 12.1 Å². The number of carbonyl (C=O) groups excluding carboxylic acids is 2. The number of fused-ring (bicyclic) bond motifs is 1. The van der Waals surface area contributed by atoms with Crippen LogP contribution in [0.3, 0.4) is 0 Å². The van der Waals surface area contributed by atoms with Crippen molar-refractivity contribution in [2.75, 3.05) is 13.1 Å². The molecule has 1 aliphatic carbocycles. The molecule has 24 heavy (non-hydrogen) atoms. The second kappa shape index (κ2) is 5.77. The van der Waals surface area contributed by atoms with E-state index >= 15 is 0 Å². The quantitative estimate of drug-likeness (QED) is 0.639. The number of carbonyl (C=O) groups is 2. The Morgan fingerprint density at radius 3 is 2.67 bits per heavy atom. The number of nitrogens with one attached hydrogen (secondary N) is 1. The van der Waals surface area contributed by atoms with Crippen LogP contribution in [0, 0.1) is 5.41 Å². The first-order valence-electron chi connectivity index (χ1n) is 7.64. The van der Waals surface area contributed by atoms with Crippen LogP contribution in [-0.2, 0) is 17.6 Å². The number of benzene rings is 1. The van der Waals surface area contributed by atoms with Crippen molar-refractivity contribution in [3.63, 3.8) is 0 Å². The third kappa shape index (κ3) is 3.38. The lowest BCUT2D eigenvalue weighted by molar-refractivity contribution is -0.188. The van der Waals surface area contributed by atoms with Gasteiger partial charge in [-0.3, -0.25) is 14.8 Å². The van der Waals surface area contributed by atoms with Crippen molar-refractivity contribution >= 4 is 11.8 Å². The number of hydroxylamine groups is 2. The van der Waals surface area contributed by atoms with Crippen molar-refractivity contribution < 1.29 is 28.0 Å². The standard InChI is InChI=1S/C16H17F3N2O3/c17-16(18,19)9-21(24)14(23)11-1-2-12-6-15(4-3-10(12)5-11)7-13(22)20-8-15/h1-2,5,24H,3-4,6-9H2,(H,20,22)/t15-/m1/s1. The fourth-order valence-electron chi connectivity index (χ4n) is 3.50. The Labute approximate surface area is 136 Å². The molecule has 1 heterocycles. The lowest BCUT2D eigenvalue weighted by Crippen LogP contribution is -2.36. The van der Waals surface area contributed by atoms with Gasteiger partial charge in [-0.1, -0.05) is 6.07 Å². The van der Waals surface area contributed by atoms with E-state index in [1.807, 2.05) is 0 Å². The largest absolute Gasteiger partial charge is 0.408 e. The molecule has 2 N–H and O–H groups in total. The topological polar surface area (TPSA) is 69.6 Å². The Bertz CT molecular complexity index is 690. The van der Waals surface area contributed by atoms with Crippen molar-refractivity contribution in [2.45, 2.75) is 31.9 Å². The van der Waals surface area contributed by atoms with Gasteiger partial charge in [0, 0.05) is 23.9 Å². The van der Waals surface area contributed by atoms with Crippen LogP contribution >= 0.6 is 0 Å². The molecule has 2 aliphatic rings. The fraction of sp³-hybridized carbons (Fsp3) is 0.500. The van der Waals surface area contributed by atoms with Gasteiger partial charge in [-0.2, -0.15) is 13.2 Å².